The first-order chi connectivity index (χ1) is 26.7. The normalized spacial score (nSPS) is 15.3. The zero-order valence-corrected chi connectivity index (χ0v) is 34.5. The van der Waals surface area contributed by atoms with Crippen molar-refractivity contribution in [1.29, 1.82) is 0 Å². The second-order valence-electron chi connectivity index (χ2n) is 14.1. The molecule has 5 heteroatoms. The largest absolute Gasteiger partial charge is 2.00 e. The molecule has 8 aromatic carbocycles. The van der Waals surface area contributed by atoms with Crippen LogP contribution in [-0.4, -0.2) is 12.1 Å². The second kappa shape index (κ2) is 18.5. The molecule has 0 heterocycles. The minimum atomic E-state index is -1.37. The average molecular weight is 838 g/mol. The molecule has 0 saturated heterocycles. The number of benzene rings is 8. The maximum atomic E-state index is 7.29. The van der Waals surface area contributed by atoms with E-state index in [9.17, 15) is 0 Å². The predicted octanol–water partition coefficient (Wildman–Crippen LogP) is 11.0. The van der Waals surface area contributed by atoms with Crippen LogP contribution in [0.15, 0.2) is 194 Å². The molecule has 0 aliphatic heterocycles. The summed E-state index contributed by atoms with van der Waals surface area (Å²) < 4.78 is 0. The van der Waals surface area contributed by atoms with Gasteiger partial charge in [0.2, 0.25) is 0 Å². The van der Waals surface area contributed by atoms with Crippen LogP contribution in [0.2, 0.25) is 0 Å². The summed E-state index contributed by atoms with van der Waals surface area (Å²) in [5, 5.41) is 13.6. The van der Waals surface area contributed by atoms with Gasteiger partial charge in [-0.15, -0.1) is 0 Å². The van der Waals surface area contributed by atoms with E-state index < -0.39 is 15.8 Å². The van der Waals surface area contributed by atoms with Gasteiger partial charge in [0.05, 0.1) is 15.8 Å². The van der Waals surface area contributed by atoms with Crippen molar-refractivity contribution in [2.24, 2.45) is 0 Å². The molecule has 0 bridgehead atoms. The first-order valence-corrected chi connectivity index (χ1v) is 22.1. The van der Waals surface area contributed by atoms with E-state index in [-0.39, 0.29) is 31.6 Å². The third kappa shape index (κ3) is 8.59. The minimum Gasteiger partial charge on any atom is -0.676 e. The van der Waals surface area contributed by atoms with Gasteiger partial charge in [0, 0.05) is 11.1 Å². The van der Waals surface area contributed by atoms with Crippen LogP contribution in [0.3, 0.4) is 0 Å². The van der Waals surface area contributed by atoms with Crippen molar-refractivity contribution in [2.45, 2.75) is 37.8 Å². The van der Waals surface area contributed by atoms with Crippen LogP contribution in [0.4, 0.5) is 0 Å². The topological polar surface area (TPSA) is 47.6 Å². The third-order valence-corrected chi connectivity index (χ3v) is 16.2. The smallest absolute Gasteiger partial charge is 0.676 e. The summed E-state index contributed by atoms with van der Waals surface area (Å²) in [6, 6.07) is 72.1. The molecular formula is C50H46N2P2Ru+2. The standard InChI is InChI=1S/C44H32P2.C6H12N2.Ru/c1-5-19-35(20-6-1)45(36-21-7-2-8-22-36)41-31-29-33-17-13-15-27-39(33)43(41)44-40-28-16-14-18-34(40)30-32-42(44)46(37-23-9-3-10-24-37)38-25-11-4-12-26-38;7-5-3-1-2-4-6(5)8;/h1-32H;5-8H,1-4H2;/q;-2;+2/p+2/t;5-,6-;/m.1./s1. The molecule has 1 fully saturated rings. The van der Waals surface area contributed by atoms with Gasteiger partial charge >= 0.3 is 19.5 Å². The van der Waals surface area contributed by atoms with Gasteiger partial charge in [-0.2, -0.15) is 12.1 Å². The fourth-order valence-electron chi connectivity index (χ4n) is 8.00. The van der Waals surface area contributed by atoms with E-state index in [1.807, 2.05) is 0 Å². The van der Waals surface area contributed by atoms with Crippen LogP contribution < -0.4 is 31.8 Å². The van der Waals surface area contributed by atoms with E-state index in [4.69, 9.17) is 11.5 Å². The second-order valence-corrected chi connectivity index (χ2v) is 19.0. The molecule has 0 aromatic heterocycles. The van der Waals surface area contributed by atoms with Crippen molar-refractivity contribution in [3.63, 3.8) is 0 Å². The molecule has 0 amide bonds. The molecule has 2 atom stereocenters. The summed E-state index contributed by atoms with van der Waals surface area (Å²) in [6.45, 7) is 0. The van der Waals surface area contributed by atoms with Gasteiger partial charge in [-0.3, -0.25) is 0 Å². The molecule has 8 aromatic rings. The molecule has 1 aliphatic carbocycles. The Morgan fingerprint density at radius 2 is 0.636 bits per heavy atom. The number of hydrogen-bond acceptors (Lipinski definition) is 0. The first kappa shape index (κ1) is 38.9. The molecule has 272 valence electrons. The quantitative estimate of drug-likeness (QED) is 0.113. The van der Waals surface area contributed by atoms with Gasteiger partial charge in [0.1, 0.15) is 31.8 Å². The number of nitrogens with one attached hydrogen (secondary N) is 2. The fourth-order valence-corrected chi connectivity index (χ4v) is 13.5. The summed E-state index contributed by atoms with van der Waals surface area (Å²) in [5.41, 5.74) is 17.3. The maximum absolute atomic E-state index is 7.29. The van der Waals surface area contributed by atoms with Crippen molar-refractivity contribution < 1.29 is 19.5 Å². The van der Waals surface area contributed by atoms with Crippen molar-refractivity contribution in [1.82, 2.24) is 0 Å². The summed E-state index contributed by atoms with van der Waals surface area (Å²) in [4.78, 5) is 0. The van der Waals surface area contributed by atoms with E-state index in [0.717, 1.165) is 12.8 Å². The summed E-state index contributed by atoms with van der Waals surface area (Å²) in [6.07, 6.45) is 4.25. The van der Waals surface area contributed by atoms with Crippen molar-refractivity contribution in [3.8, 4) is 11.1 Å². The van der Waals surface area contributed by atoms with Crippen molar-refractivity contribution >= 4 is 69.2 Å². The van der Waals surface area contributed by atoms with Crippen LogP contribution >= 0.6 is 15.8 Å². The Kier molecular flexibility index (Phi) is 13.1. The third-order valence-electron chi connectivity index (χ3n) is 10.7. The predicted molar refractivity (Wildman–Crippen MR) is 242 cm³/mol. The van der Waals surface area contributed by atoms with Gasteiger partial charge in [-0.25, -0.2) is 0 Å². The molecule has 1 saturated carbocycles. The number of fused-ring (bicyclic) bond motifs is 2. The van der Waals surface area contributed by atoms with E-state index >= 15 is 0 Å². The molecule has 55 heavy (non-hydrogen) atoms. The Bertz CT molecular complexity index is 2190. The zero-order chi connectivity index (χ0) is 36.7. The number of hydrogen-bond donors (Lipinski definition) is 0. The van der Waals surface area contributed by atoms with E-state index in [1.54, 1.807) is 0 Å². The van der Waals surface area contributed by atoms with E-state index in [2.05, 4.69) is 194 Å². The Balaban J connectivity index is 0.000000462. The molecule has 1 aliphatic rings. The Hall–Kier alpha value is -4.32. The van der Waals surface area contributed by atoms with Gasteiger partial charge in [0.25, 0.3) is 0 Å². The molecule has 0 spiro atoms. The Morgan fingerprint density at radius 3 is 0.945 bits per heavy atom. The molecule has 2 N–H and O–H groups in total. The molecule has 0 unspecified atom stereocenters. The van der Waals surface area contributed by atoms with Gasteiger partial charge in [-0.1, -0.05) is 159 Å². The Morgan fingerprint density at radius 1 is 0.345 bits per heavy atom. The van der Waals surface area contributed by atoms with Crippen LogP contribution in [0.1, 0.15) is 25.7 Å². The van der Waals surface area contributed by atoms with Crippen LogP contribution in [0.25, 0.3) is 44.1 Å². The van der Waals surface area contributed by atoms with Gasteiger partial charge < -0.3 is 11.5 Å². The summed E-state index contributed by atoms with van der Waals surface area (Å²) in [5.74, 6) is 0. The Labute approximate surface area is 341 Å². The molecule has 0 radical (unpaired) electrons. The monoisotopic (exact) mass is 838 g/mol. The zero-order valence-electron chi connectivity index (χ0n) is 30.8. The van der Waals surface area contributed by atoms with Crippen LogP contribution in [0.5, 0.6) is 0 Å². The number of rotatable bonds is 7. The molecule has 2 nitrogen and oxygen atoms in total. The maximum Gasteiger partial charge on any atom is 2.00 e. The van der Waals surface area contributed by atoms with Gasteiger partial charge in [0.15, 0.2) is 0 Å². The van der Waals surface area contributed by atoms with Crippen molar-refractivity contribution in [2.75, 3.05) is 0 Å². The molecular weight excluding hydrogens is 792 g/mol. The minimum absolute atomic E-state index is 0. The van der Waals surface area contributed by atoms with E-state index in [1.165, 1.54) is 77.3 Å². The van der Waals surface area contributed by atoms with Gasteiger partial charge in [-0.05, 0) is 82.2 Å². The van der Waals surface area contributed by atoms with Crippen LogP contribution in [-0.2, 0) is 19.5 Å². The molecule has 9 rings (SSSR count). The summed E-state index contributed by atoms with van der Waals surface area (Å²) in [7, 11) is -2.74. The van der Waals surface area contributed by atoms with E-state index in [0.29, 0.717) is 0 Å². The van der Waals surface area contributed by atoms with Crippen LogP contribution in [0, 0.1) is 0 Å². The first-order valence-electron chi connectivity index (χ1n) is 19.1. The fraction of sp³-hybridized carbons (Fsp3) is 0.120. The summed E-state index contributed by atoms with van der Waals surface area (Å²) >= 11 is 0. The SMILES string of the molecule is [NH-][C@@H]1CCCC[C@H]1[NH-].[Ru+2].c1ccc([PH+](c2ccccc2)c2ccc3ccccc3c2-c2c([PH+](c3ccccc3)c3ccccc3)ccc3ccccc23)cc1. The van der Waals surface area contributed by atoms with Crippen molar-refractivity contribution in [3.05, 3.63) is 206 Å². The average Bonchev–Trinajstić information content (AvgIpc) is 3.24.